The molecule has 23 heavy (non-hydrogen) atoms. The highest BCUT2D eigenvalue weighted by Gasteiger charge is 2.47. The van der Waals surface area contributed by atoms with Crippen LogP contribution < -0.4 is 0 Å². The zero-order valence-corrected chi connectivity index (χ0v) is 15.2. The van der Waals surface area contributed by atoms with Crippen LogP contribution in [0.25, 0.3) is 0 Å². The van der Waals surface area contributed by atoms with Gasteiger partial charge in [-0.25, -0.2) is 12.7 Å². The minimum absolute atomic E-state index is 0.163. The minimum Gasteiger partial charge on any atom is -0.469 e. The molecule has 0 radical (unpaired) electrons. The van der Waals surface area contributed by atoms with Gasteiger partial charge in [-0.1, -0.05) is 0 Å². The monoisotopic (exact) mass is 348 g/mol. The van der Waals surface area contributed by atoms with Crippen LogP contribution in [0.4, 0.5) is 0 Å². The Morgan fingerprint density at radius 2 is 1.87 bits per heavy atom. The number of likely N-dealkylation sites (N-methyl/N-ethyl adjacent to an activating group) is 1. The summed E-state index contributed by atoms with van der Waals surface area (Å²) < 4.78 is 37.0. The Morgan fingerprint density at radius 1 is 1.26 bits per heavy atom. The average Bonchev–Trinajstić information content (AvgIpc) is 2.41. The fourth-order valence-electron chi connectivity index (χ4n) is 3.35. The van der Waals surface area contributed by atoms with E-state index < -0.39 is 27.2 Å². The highest BCUT2D eigenvalue weighted by atomic mass is 32.2. The minimum atomic E-state index is -3.46. The van der Waals surface area contributed by atoms with E-state index in [1.54, 1.807) is 7.05 Å². The first-order valence-corrected chi connectivity index (χ1v) is 9.66. The Labute approximate surface area is 139 Å². The zero-order valence-electron chi connectivity index (χ0n) is 14.4. The number of hydrogen-bond acceptors (Lipinski definition) is 6. The van der Waals surface area contributed by atoms with Gasteiger partial charge in [0.25, 0.3) is 0 Å². The normalized spacial score (nSPS) is 32.6. The van der Waals surface area contributed by atoms with Crippen molar-refractivity contribution < 1.29 is 22.7 Å². The van der Waals surface area contributed by atoms with Crippen molar-refractivity contribution in [1.29, 1.82) is 0 Å². The number of sulfonamides is 1. The van der Waals surface area contributed by atoms with Gasteiger partial charge in [0.2, 0.25) is 10.0 Å². The lowest BCUT2D eigenvalue weighted by Gasteiger charge is -2.38. The lowest BCUT2D eigenvalue weighted by molar-refractivity contribution is -0.148. The maximum absolute atomic E-state index is 12.6. The van der Waals surface area contributed by atoms with Crippen molar-refractivity contribution in [2.75, 3.05) is 40.3 Å². The summed E-state index contributed by atoms with van der Waals surface area (Å²) in [5.41, 5.74) is 0. The van der Waals surface area contributed by atoms with Crippen molar-refractivity contribution in [3.8, 4) is 0 Å². The summed E-state index contributed by atoms with van der Waals surface area (Å²) in [7, 11) is -0.567. The Kier molecular flexibility index (Phi) is 6.05. The molecule has 0 unspecified atom stereocenters. The van der Waals surface area contributed by atoms with Crippen LogP contribution in [0.1, 0.15) is 26.7 Å². The molecule has 0 aromatic heterocycles. The number of esters is 1. The van der Waals surface area contributed by atoms with Crippen LogP contribution in [0, 0.1) is 5.92 Å². The number of nitrogens with zero attached hydrogens (tertiary/aromatic N) is 2. The van der Waals surface area contributed by atoms with Crippen LogP contribution in [-0.4, -0.2) is 81.4 Å². The number of rotatable bonds is 6. The van der Waals surface area contributed by atoms with E-state index in [1.165, 1.54) is 11.4 Å². The molecule has 1 saturated carbocycles. The summed E-state index contributed by atoms with van der Waals surface area (Å²) in [5.74, 6) is -0.940. The lowest BCUT2D eigenvalue weighted by atomic mass is 9.85. The number of methoxy groups -OCH3 is 1. The first-order chi connectivity index (χ1) is 10.8. The second-order valence-corrected chi connectivity index (χ2v) is 8.89. The summed E-state index contributed by atoms with van der Waals surface area (Å²) in [4.78, 5) is 13.8. The van der Waals surface area contributed by atoms with Gasteiger partial charge >= 0.3 is 5.97 Å². The van der Waals surface area contributed by atoms with Crippen LogP contribution in [0.3, 0.4) is 0 Å². The van der Waals surface area contributed by atoms with E-state index >= 15 is 0 Å². The van der Waals surface area contributed by atoms with Gasteiger partial charge in [-0.15, -0.1) is 0 Å². The smallest absolute Gasteiger partial charge is 0.310 e. The average molecular weight is 348 g/mol. The molecule has 2 aliphatic rings. The molecule has 1 heterocycles. The van der Waals surface area contributed by atoms with E-state index in [1.807, 2.05) is 13.8 Å². The van der Waals surface area contributed by atoms with Gasteiger partial charge in [0.15, 0.2) is 0 Å². The highest BCUT2D eigenvalue weighted by Crippen LogP contribution is 2.35. The Hall–Kier alpha value is -0.700. The van der Waals surface area contributed by atoms with Crippen LogP contribution in [0.5, 0.6) is 0 Å². The van der Waals surface area contributed by atoms with E-state index in [0.29, 0.717) is 25.9 Å². The molecule has 8 heteroatoms. The number of ether oxygens (including phenoxy) is 2. The molecule has 0 N–H and O–H groups in total. The van der Waals surface area contributed by atoms with Crippen molar-refractivity contribution in [3.63, 3.8) is 0 Å². The van der Waals surface area contributed by atoms with Crippen molar-refractivity contribution in [2.45, 2.75) is 44.1 Å². The number of morpholine rings is 1. The summed E-state index contributed by atoms with van der Waals surface area (Å²) in [6.45, 7) is 6.77. The van der Waals surface area contributed by atoms with Crippen LogP contribution in [0.15, 0.2) is 0 Å². The Bertz CT molecular complexity index is 514. The molecular formula is C15H28N2O5S. The molecule has 1 aliphatic carbocycles. The molecule has 2 fully saturated rings. The number of hydrogen-bond donors (Lipinski definition) is 0. The standard InChI is InChI=1S/C15H28N2O5S/c1-11-9-17(10-12(2)22-11)8-7-16(3)23(19,20)14-6-5-13(14)15(18)21-4/h11-14H,5-10H2,1-4H3/t11-,12+,13-,14+/m1/s1. The molecule has 0 amide bonds. The molecule has 0 bridgehead atoms. The summed E-state index contributed by atoms with van der Waals surface area (Å²) in [5, 5.41) is -0.637. The zero-order chi connectivity index (χ0) is 17.2. The van der Waals surface area contributed by atoms with Crippen molar-refractivity contribution in [3.05, 3.63) is 0 Å². The van der Waals surface area contributed by atoms with Crippen LogP contribution >= 0.6 is 0 Å². The third-order valence-electron chi connectivity index (χ3n) is 4.76. The van der Waals surface area contributed by atoms with E-state index in [0.717, 1.165) is 13.1 Å². The van der Waals surface area contributed by atoms with Crippen LogP contribution in [-0.2, 0) is 24.3 Å². The third kappa shape index (κ3) is 4.23. The Balaban J connectivity index is 1.89. The summed E-state index contributed by atoms with van der Waals surface area (Å²) in [6.07, 6.45) is 1.44. The van der Waals surface area contributed by atoms with Gasteiger partial charge in [-0.3, -0.25) is 9.69 Å². The van der Waals surface area contributed by atoms with Gasteiger partial charge in [0, 0.05) is 33.2 Å². The van der Waals surface area contributed by atoms with Crippen molar-refractivity contribution in [2.24, 2.45) is 5.92 Å². The van der Waals surface area contributed by atoms with E-state index in [-0.39, 0.29) is 12.2 Å². The van der Waals surface area contributed by atoms with Gasteiger partial charge in [0.1, 0.15) is 0 Å². The second-order valence-electron chi connectivity index (χ2n) is 6.63. The molecule has 2 rings (SSSR count). The quantitative estimate of drug-likeness (QED) is 0.643. The SMILES string of the molecule is COC(=O)[C@@H]1CC[C@@H]1S(=O)(=O)N(C)CCN1C[C@@H](C)O[C@@H](C)C1. The maximum Gasteiger partial charge on any atom is 0.310 e. The van der Waals surface area contributed by atoms with E-state index in [4.69, 9.17) is 9.47 Å². The fraction of sp³-hybridized carbons (Fsp3) is 0.933. The van der Waals surface area contributed by atoms with Gasteiger partial charge in [-0.2, -0.15) is 0 Å². The molecule has 134 valence electrons. The molecular weight excluding hydrogens is 320 g/mol. The fourth-order valence-corrected chi connectivity index (χ4v) is 5.25. The first kappa shape index (κ1) is 18.6. The third-order valence-corrected chi connectivity index (χ3v) is 7.14. The lowest BCUT2D eigenvalue weighted by Crippen LogP contribution is -2.52. The summed E-state index contributed by atoms with van der Waals surface area (Å²) >= 11 is 0. The largest absolute Gasteiger partial charge is 0.469 e. The molecule has 0 aromatic rings. The van der Waals surface area contributed by atoms with Crippen molar-refractivity contribution in [1.82, 2.24) is 9.21 Å². The van der Waals surface area contributed by atoms with Crippen molar-refractivity contribution >= 4 is 16.0 Å². The summed E-state index contributed by atoms with van der Waals surface area (Å²) in [6, 6.07) is 0. The van der Waals surface area contributed by atoms with E-state index in [9.17, 15) is 13.2 Å². The molecule has 0 spiro atoms. The molecule has 1 saturated heterocycles. The molecule has 4 atom stereocenters. The molecule has 0 aromatic carbocycles. The van der Waals surface area contributed by atoms with E-state index in [2.05, 4.69) is 4.90 Å². The number of carbonyl (C=O) groups is 1. The van der Waals surface area contributed by atoms with Gasteiger partial charge < -0.3 is 9.47 Å². The Morgan fingerprint density at radius 3 is 2.35 bits per heavy atom. The van der Waals surface area contributed by atoms with Gasteiger partial charge in [-0.05, 0) is 26.7 Å². The molecule has 7 nitrogen and oxygen atoms in total. The topological polar surface area (TPSA) is 76.2 Å². The predicted octanol–water partition coefficient (Wildman–Crippen LogP) is 0.309. The van der Waals surface area contributed by atoms with Gasteiger partial charge in [0.05, 0.1) is 30.5 Å². The maximum atomic E-state index is 12.6. The van der Waals surface area contributed by atoms with Crippen LogP contribution in [0.2, 0.25) is 0 Å². The predicted molar refractivity (Wildman–Crippen MR) is 86.5 cm³/mol. The molecule has 1 aliphatic heterocycles. The number of carbonyl (C=O) groups excluding carboxylic acids is 1. The second kappa shape index (κ2) is 7.46. The first-order valence-electron chi connectivity index (χ1n) is 8.16. The highest BCUT2D eigenvalue weighted by molar-refractivity contribution is 7.89.